The van der Waals surface area contributed by atoms with Crippen molar-refractivity contribution in [1.29, 1.82) is 0 Å². The second-order valence-corrected chi connectivity index (χ2v) is 6.11. The number of aliphatic hydroxyl groups is 1. The maximum absolute atomic E-state index is 10.0. The van der Waals surface area contributed by atoms with Gasteiger partial charge >= 0.3 is 0 Å². The minimum Gasteiger partial charge on any atom is -0.393 e. The average molecular weight is 240 g/mol. The molecule has 1 aliphatic heterocycles. The van der Waals surface area contributed by atoms with E-state index >= 15 is 0 Å². The molecule has 2 fully saturated rings. The topological polar surface area (TPSA) is 26.7 Å². The minimum atomic E-state index is -0.0321. The normalized spacial score (nSPS) is 33.2. The molecule has 3 nitrogen and oxygen atoms in total. The summed E-state index contributed by atoms with van der Waals surface area (Å²) in [5, 5.41) is 10.0. The maximum atomic E-state index is 10.0. The first-order valence-corrected chi connectivity index (χ1v) is 7.23. The van der Waals surface area contributed by atoms with Gasteiger partial charge in [0.1, 0.15) is 0 Å². The largest absolute Gasteiger partial charge is 0.393 e. The molecule has 2 aliphatic rings. The minimum absolute atomic E-state index is 0.0321. The van der Waals surface area contributed by atoms with Gasteiger partial charge in [-0.1, -0.05) is 12.8 Å². The summed E-state index contributed by atoms with van der Waals surface area (Å²) >= 11 is 0. The van der Waals surface area contributed by atoms with Crippen molar-refractivity contribution in [1.82, 2.24) is 9.80 Å². The summed E-state index contributed by atoms with van der Waals surface area (Å²) in [5.41, 5.74) is 0. The van der Waals surface area contributed by atoms with Crippen LogP contribution < -0.4 is 0 Å². The van der Waals surface area contributed by atoms with Crippen LogP contribution >= 0.6 is 0 Å². The van der Waals surface area contributed by atoms with Crippen molar-refractivity contribution in [2.75, 3.05) is 33.7 Å². The summed E-state index contributed by atoms with van der Waals surface area (Å²) in [6, 6.07) is 0.766. The Morgan fingerprint density at radius 1 is 1.06 bits per heavy atom. The van der Waals surface area contributed by atoms with Crippen molar-refractivity contribution in [3.05, 3.63) is 0 Å². The first-order valence-electron chi connectivity index (χ1n) is 7.23. The fraction of sp³-hybridized carbons (Fsp3) is 1.00. The van der Waals surface area contributed by atoms with Gasteiger partial charge in [0.25, 0.3) is 0 Å². The zero-order chi connectivity index (χ0) is 12.3. The molecule has 0 bridgehead atoms. The van der Waals surface area contributed by atoms with E-state index in [1.165, 1.54) is 45.2 Å². The highest BCUT2D eigenvalue weighted by molar-refractivity contribution is 4.82. The van der Waals surface area contributed by atoms with E-state index in [9.17, 15) is 5.11 Å². The van der Waals surface area contributed by atoms with Crippen LogP contribution in [0.3, 0.4) is 0 Å². The van der Waals surface area contributed by atoms with Crippen molar-refractivity contribution < 1.29 is 5.11 Å². The van der Waals surface area contributed by atoms with E-state index in [2.05, 4.69) is 23.9 Å². The Labute approximate surface area is 106 Å². The first kappa shape index (κ1) is 13.3. The third kappa shape index (κ3) is 3.67. The lowest BCUT2D eigenvalue weighted by Crippen LogP contribution is -2.45. The average Bonchev–Trinajstić information content (AvgIpc) is 2.33. The van der Waals surface area contributed by atoms with Crippen LogP contribution in [0.4, 0.5) is 0 Å². The van der Waals surface area contributed by atoms with Crippen molar-refractivity contribution in [2.45, 2.75) is 50.7 Å². The second kappa shape index (κ2) is 6.17. The SMILES string of the molecule is CN(C)C1CCN(CC2CCCCC2O)CC1. The fourth-order valence-corrected chi connectivity index (χ4v) is 3.35. The lowest BCUT2D eigenvalue weighted by molar-refractivity contribution is 0.0358. The van der Waals surface area contributed by atoms with Gasteiger partial charge < -0.3 is 14.9 Å². The van der Waals surface area contributed by atoms with Gasteiger partial charge in [-0.15, -0.1) is 0 Å². The molecule has 1 aliphatic carbocycles. The number of rotatable bonds is 3. The zero-order valence-electron chi connectivity index (χ0n) is 11.4. The van der Waals surface area contributed by atoms with E-state index in [1.54, 1.807) is 0 Å². The molecule has 2 rings (SSSR count). The zero-order valence-corrected chi connectivity index (χ0v) is 11.4. The summed E-state index contributed by atoms with van der Waals surface area (Å²) in [5.74, 6) is 0.541. The number of hydrogen-bond acceptors (Lipinski definition) is 3. The molecule has 1 N–H and O–H groups in total. The van der Waals surface area contributed by atoms with E-state index in [4.69, 9.17) is 0 Å². The van der Waals surface area contributed by atoms with Crippen LogP contribution in [0.1, 0.15) is 38.5 Å². The van der Waals surface area contributed by atoms with E-state index < -0.39 is 0 Å². The van der Waals surface area contributed by atoms with Crippen LogP contribution in [0.2, 0.25) is 0 Å². The van der Waals surface area contributed by atoms with Gasteiger partial charge in [-0.25, -0.2) is 0 Å². The van der Waals surface area contributed by atoms with Crippen molar-refractivity contribution in [3.63, 3.8) is 0 Å². The van der Waals surface area contributed by atoms with E-state index in [0.29, 0.717) is 5.92 Å². The Hall–Kier alpha value is -0.120. The van der Waals surface area contributed by atoms with Gasteiger partial charge in [0.2, 0.25) is 0 Å². The molecule has 0 aromatic heterocycles. The molecule has 0 radical (unpaired) electrons. The first-order chi connectivity index (χ1) is 8.16. The molecular formula is C14H28N2O. The van der Waals surface area contributed by atoms with Crippen LogP contribution in [-0.4, -0.2) is 60.8 Å². The molecule has 100 valence electrons. The van der Waals surface area contributed by atoms with Gasteiger partial charge in [0.15, 0.2) is 0 Å². The quantitative estimate of drug-likeness (QED) is 0.811. The highest BCUT2D eigenvalue weighted by atomic mass is 16.3. The molecule has 1 saturated heterocycles. The Morgan fingerprint density at radius 3 is 2.29 bits per heavy atom. The summed E-state index contributed by atoms with van der Waals surface area (Å²) in [7, 11) is 4.37. The predicted octanol–water partition coefficient (Wildman–Crippen LogP) is 1.56. The number of piperidine rings is 1. The molecular weight excluding hydrogens is 212 g/mol. The van der Waals surface area contributed by atoms with Gasteiger partial charge in [-0.05, 0) is 58.8 Å². The van der Waals surface area contributed by atoms with Crippen LogP contribution in [0.25, 0.3) is 0 Å². The standard InChI is InChI=1S/C14H28N2O/c1-15(2)13-7-9-16(10-8-13)11-12-5-3-4-6-14(12)17/h12-14,17H,3-11H2,1-2H3. The molecule has 0 spiro atoms. The molecule has 0 amide bonds. The fourth-order valence-electron chi connectivity index (χ4n) is 3.35. The molecule has 1 saturated carbocycles. The number of likely N-dealkylation sites (tertiary alicyclic amines) is 1. The lowest BCUT2D eigenvalue weighted by atomic mass is 9.86. The Bertz CT molecular complexity index is 224. The van der Waals surface area contributed by atoms with Gasteiger partial charge in [-0.3, -0.25) is 0 Å². The lowest BCUT2D eigenvalue weighted by Gasteiger charge is -2.38. The Kier molecular flexibility index (Phi) is 4.83. The Morgan fingerprint density at radius 2 is 1.71 bits per heavy atom. The molecule has 3 heteroatoms. The van der Waals surface area contributed by atoms with E-state index in [0.717, 1.165) is 19.0 Å². The van der Waals surface area contributed by atoms with Crippen molar-refractivity contribution in [2.24, 2.45) is 5.92 Å². The van der Waals surface area contributed by atoms with Crippen molar-refractivity contribution >= 4 is 0 Å². The van der Waals surface area contributed by atoms with E-state index in [1.807, 2.05) is 0 Å². The number of nitrogens with zero attached hydrogens (tertiary/aromatic N) is 2. The van der Waals surface area contributed by atoms with Gasteiger partial charge in [0, 0.05) is 12.6 Å². The smallest absolute Gasteiger partial charge is 0.0580 e. The van der Waals surface area contributed by atoms with Crippen molar-refractivity contribution in [3.8, 4) is 0 Å². The highest BCUT2D eigenvalue weighted by Crippen LogP contribution is 2.26. The summed E-state index contributed by atoms with van der Waals surface area (Å²) in [6.07, 6.45) is 7.34. The van der Waals surface area contributed by atoms with Crippen LogP contribution in [0, 0.1) is 5.92 Å². The third-order valence-electron chi connectivity index (χ3n) is 4.65. The summed E-state index contributed by atoms with van der Waals surface area (Å²) in [4.78, 5) is 4.92. The third-order valence-corrected chi connectivity index (χ3v) is 4.65. The maximum Gasteiger partial charge on any atom is 0.0580 e. The van der Waals surface area contributed by atoms with Crippen LogP contribution in [-0.2, 0) is 0 Å². The summed E-state index contributed by atoms with van der Waals surface area (Å²) < 4.78 is 0. The second-order valence-electron chi connectivity index (χ2n) is 6.11. The molecule has 17 heavy (non-hydrogen) atoms. The summed E-state index contributed by atoms with van der Waals surface area (Å²) in [6.45, 7) is 3.56. The molecule has 0 aromatic rings. The van der Waals surface area contributed by atoms with Crippen LogP contribution in [0.15, 0.2) is 0 Å². The van der Waals surface area contributed by atoms with Gasteiger partial charge in [0.05, 0.1) is 6.10 Å². The molecule has 0 aromatic carbocycles. The predicted molar refractivity (Wildman–Crippen MR) is 71.1 cm³/mol. The Balaban J connectivity index is 1.73. The molecule has 1 heterocycles. The number of aliphatic hydroxyl groups excluding tert-OH is 1. The molecule has 2 atom stereocenters. The highest BCUT2D eigenvalue weighted by Gasteiger charge is 2.27. The van der Waals surface area contributed by atoms with E-state index in [-0.39, 0.29) is 6.10 Å². The van der Waals surface area contributed by atoms with Crippen LogP contribution in [0.5, 0.6) is 0 Å². The monoisotopic (exact) mass is 240 g/mol. The molecule has 2 unspecified atom stereocenters. The number of hydrogen-bond donors (Lipinski definition) is 1. The van der Waals surface area contributed by atoms with Gasteiger partial charge in [-0.2, -0.15) is 0 Å².